The second-order valence-corrected chi connectivity index (χ2v) is 6.09. The van der Waals surface area contributed by atoms with Crippen LogP contribution < -0.4 is 9.47 Å². The summed E-state index contributed by atoms with van der Waals surface area (Å²) in [5.41, 5.74) is 0.486. The van der Waals surface area contributed by atoms with Gasteiger partial charge in [-0.05, 0) is 49.1 Å². The van der Waals surface area contributed by atoms with Crippen molar-refractivity contribution in [2.24, 2.45) is 17.8 Å². The number of hydrogen-bond donors (Lipinski definition) is 0. The summed E-state index contributed by atoms with van der Waals surface area (Å²) >= 11 is 0. The maximum Gasteiger partial charge on any atom is 0.311 e. The summed E-state index contributed by atoms with van der Waals surface area (Å²) < 4.78 is 10.6. The molecule has 0 saturated heterocycles. The Labute approximate surface area is 124 Å². The van der Waals surface area contributed by atoms with Gasteiger partial charge in [0.05, 0.1) is 18.7 Å². The first-order chi connectivity index (χ1) is 10.2. The van der Waals surface area contributed by atoms with Crippen molar-refractivity contribution in [3.63, 3.8) is 0 Å². The lowest BCUT2D eigenvalue weighted by atomic mass is 9.86. The minimum absolute atomic E-state index is 0.199. The normalized spacial score (nSPS) is 26.4. The summed E-state index contributed by atoms with van der Waals surface area (Å²) in [7, 11) is 1.50. The summed E-state index contributed by atoms with van der Waals surface area (Å²) in [6.07, 6.45) is 5.55. The molecule has 0 radical (unpaired) electrons. The Hall–Kier alpha value is -2.02. The fraction of sp³-hybridized carbons (Fsp3) is 0.529. The Morgan fingerprint density at radius 3 is 2.81 bits per heavy atom. The van der Waals surface area contributed by atoms with Gasteiger partial charge in [-0.2, -0.15) is 5.26 Å². The molecule has 2 saturated carbocycles. The first-order valence-electron chi connectivity index (χ1n) is 7.48. The number of carbonyl (C=O) groups excluding carboxylic acids is 1. The van der Waals surface area contributed by atoms with E-state index in [9.17, 15) is 4.79 Å². The van der Waals surface area contributed by atoms with E-state index in [1.165, 1.54) is 32.8 Å². The molecule has 0 unspecified atom stereocenters. The van der Waals surface area contributed by atoms with Crippen LogP contribution in [0.2, 0.25) is 0 Å². The van der Waals surface area contributed by atoms with Crippen LogP contribution >= 0.6 is 0 Å². The fourth-order valence-corrected chi connectivity index (χ4v) is 3.83. The molecule has 2 bridgehead atoms. The zero-order valence-electron chi connectivity index (χ0n) is 12.2. The highest BCUT2D eigenvalue weighted by molar-refractivity contribution is 5.73. The third-order valence-electron chi connectivity index (χ3n) is 4.83. The molecule has 2 aliphatic rings. The highest BCUT2D eigenvalue weighted by atomic mass is 16.6. The van der Waals surface area contributed by atoms with Crippen LogP contribution in [0.3, 0.4) is 0 Å². The number of rotatable bonds is 4. The topological polar surface area (TPSA) is 59.3 Å². The summed E-state index contributed by atoms with van der Waals surface area (Å²) in [6.45, 7) is 0. The molecule has 1 aromatic carbocycles. The van der Waals surface area contributed by atoms with Crippen molar-refractivity contribution >= 4 is 5.97 Å². The van der Waals surface area contributed by atoms with Gasteiger partial charge in [0.2, 0.25) is 0 Å². The highest BCUT2D eigenvalue weighted by Crippen LogP contribution is 2.49. The fourth-order valence-electron chi connectivity index (χ4n) is 3.83. The predicted molar refractivity (Wildman–Crippen MR) is 76.9 cm³/mol. The second kappa shape index (κ2) is 5.77. The molecule has 0 aliphatic heterocycles. The molecule has 2 aliphatic carbocycles. The minimum Gasteiger partial charge on any atom is -0.493 e. The van der Waals surface area contributed by atoms with E-state index in [4.69, 9.17) is 14.7 Å². The molecule has 21 heavy (non-hydrogen) atoms. The summed E-state index contributed by atoms with van der Waals surface area (Å²) in [5.74, 6) is 2.65. The van der Waals surface area contributed by atoms with E-state index in [0.717, 1.165) is 5.92 Å². The van der Waals surface area contributed by atoms with Crippen LogP contribution in [0.5, 0.6) is 11.5 Å². The Bertz CT molecular complexity index is 590. The van der Waals surface area contributed by atoms with Gasteiger partial charge in [-0.25, -0.2) is 0 Å². The molecule has 3 atom stereocenters. The number of esters is 1. The van der Waals surface area contributed by atoms with Crippen LogP contribution in [-0.2, 0) is 4.79 Å². The average molecular weight is 285 g/mol. The van der Waals surface area contributed by atoms with E-state index < -0.39 is 0 Å². The highest BCUT2D eigenvalue weighted by Gasteiger charge is 2.40. The van der Waals surface area contributed by atoms with E-state index in [0.29, 0.717) is 35.3 Å². The maximum atomic E-state index is 12.1. The van der Waals surface area contributed by atoms with Crippen LogP contribution in [0, 0.1) is 29.1 Å². The monoisotopic (exact) mass is 285 g/mol. The minimum atomic E-state index is -0.199. The Balaban J connectivity index is 1.63. The van der Waals surface area contributed by atoms with Gasteiger partial charge in [0.25, 0.3) is 0 Å². The Morgan fingerprint density at radius 2 is 2.19 bits per heavy atom. The first-order valence-corrected chi connectivity index (χ1v) is 7.48. The molecular weight excluding hydrogens is 266 g/mol. The molecule has 0 amide bonds. The van der Waals surface area contributed by atoms with Gasteiger partial charge in [0.1, 0.15) is 0 Å². The van der Waals surface area contributed by atoms with Gasteiger partial charge in [-0.1, -0.05) is 6.42 Å². The van der Waals surface area contributed by atoms with Crippen molar-refractivity contribution in [3.8, 4) is 17.6 Å². The number of methoxy groups -OCH3 is 1. The third kappa shape index (κ3) is 2.87. The Morgan fingerprint density at radius 1 is 1.33 bits per heavy atom. The summed E-state index contributed by atoms with van der Waals surface area (Å²) in [5, 5.41) is 8.87. The molecule has 4 nitrogen and oxygen atoms in total. The number of fused-ring (bicyclic) bond motifs is 2. The number of ether oxygens (including phenoxy) is 2. The summed E-state index contributed by atoms with van der Waals surface area (Å²) in [4.78, 5) is 12.1. The smallest absolute Gasteiger partial charge is 0.311 e. The van der Waals surface area contributed by atoms with E-state index in [1.807, 2.05) is 6.07 Å². The van der Waals surface area contributed by atoms with Gasteiger partial charge < -0.3 is 9.47 Å². The second-order valence-electron chi connectivity index (χ2n) is 6.09. The summed E-state index contributed by atoms with van der Waals surface area (Å²) in [6, 6.07) is 6.87. The van der Waals surface area contributed by atoms with E-state index >= 15 is 0 Å². The van der Waals surface area contributed by atoms with Crippen LogP contribution in [0.25, 0.3) is 0 Å². The van der Waals surface area contributed by atoms with E-state index in [1.54, 1.807) is 18.2 Å². The number of nitrogens with zero attached hydrogens (tertiary/aromatic N) is 1. The quantitative estimate of drug-likeness (QED) is 0.629. The molecule has 4 heteroatoms. The van der Waals surface area contributed by atoms with Gasteiger partial charge in [-0.3, -0.25) is 4.79 Å². The lowest BCUT2D eigenvalue weighted by molar-refractivity contribution is -0.136. The maximum absolute atomic E-state index is 12.1. The van der Waals surface area contributed by atoms with Crippen molar-refractivity contribution in [2.75, 3.05) is 7.11 Å². The lowest BCUT2D eigenvalue weighted by Crippen LogP contribution is -2.18. The molecular formula is C17H19NO3. The van der Waals surface area contributed by atoms with E-state index in [-0.39, 0.29) is 5.97 Å². The zero-order chi connectivity index (χ0) is 14.8. The van der Waals surface area contributed by atoms with Gasteiger partial charge in [0, 0.05) is 12.5 Å². The molecule has 110 valence electrons. The molecule has 0 heterocycles. The lowest BCUT2D eigenvalue weighted by Gasteiger charge is -2.20. The van der Waals surface area contributed by atoms with Crippen LogP contribution in [0.4, 0.5) is 0 Å². The van der Waals surface area contributed by atoms with Crippen LogP contribution in [-0.4, -0.2) is 13.1 Å². The number of carbonyl (C=O) groups is 1. The van der Waals surface area contributed by atoms with Crippen LogP contribution in [0.15, 0.2) is 18.2 Å². The SMILES string of the molecule is COc1cc(C#N)ccc1OC(=O)C[C@@H]1C[C@@H]2CC[C@@H]1C2. The third-order valence-corrected chi connectivity index (χ3v) is 4.83. The molecule has 1 aromatic rings. The molecule has 0 spiro atoms. The van der Waals surface area contributed by atoms with Gasteiger partial charge in [0.15, 0.2) is 11.5 Å². The number of hydrogen-bond acceptors (Lipinski definition) is 4. The number of nitriles is 1. The van der Waals surface area contributed by atoms with Crippen molar-refractivity contribution in [1.29, 1.82) is 5.26 Å². The predicted octanol–water partition coefficient (Wildman–Crippen LogP) is 3.30. The van der Waals surface area contributed by atoms with Crippen molar-refractivity contribution in [1.82, 2.24) is 0 Å². The van der Waals surface area contributed by atoms with Gasteiger partial charge >= 0.3 is 5.97 Å². The van der Waals surface area contributed by atoms with Crippen molar-refractivity contribution < 1.29 is 14.3 Å². The van der Waals surface area contributed by atoms with Crippen molar-refractivity contribution in [3.05, 3.63) is 23.8 Å². The molecule has 0 aromatic heterocycles. The first kappa shape index (κ1) is 13.9. The van der Waals surface area contributed by atoms with Crippen molar-refractivity contribution in [2.45, 2.75) is 32.1 Å². The van der Waals surface area contributed by atoms with Gasteiger partial charge in [-0.15, -0.1) is 0 Å². The van der Waals surface area contributed by atoms with E-state index in [2.05, 4.69) is 0 Å². The Kier molecular flexibility index (Phi) is 3.83. The van der Waals surface area contributed by atoms with Crippen LogP contribution in [0.1, 0.15) is 37.7 Å². The zero-order valence-corrected chi connectivity index (χ0v) is 12.2. The molecule has 2 fully saturated rings. The largest absolute Gasteiger partial charge is 0.493 e. The standard InChI is InChI=1S/C17H19NO3/c1-20-16-8-12(10-18)3-5-15(16)21-17(19)9-14-7-11-2-4-13(14)6-11/h3,5,8,11,13-14H,2,4,6-7,9H2,1H3/t11-,13-,14+/m1/s1. The average Bonchev–Trinajstić information content (AvgIpc) is 3.10. The number of benzene rings is 1. The molecule has 3 rings (SSSR count). The molecule has 0 N–H and O–H groups in total.